The first kappa shape index (κ1) is 14.6. The van der Waals surface area contributed by atoms with Gasteiger partial charge < -0.3 is 11.1 Å². The van der Waals surface area contributed by atoms with E-state index >= 15 is 0 Å². The van der Waals surface area contributed by atoms with E-state index in [1.165, 1.54) is 11.3 Å². The Morgan fingerprint density at radius 3 is 2.56 bits per heavy atom. The van der Waals surface area contributed by atoms with Gasteiger partial charge in [0.25, 0.3) is 5.91 Å². The monoisotopic (exact) mass is 269 g/mol. The quantitative estimate of drug-likeness (QED) is 0.847. The number of carbonyl (C=O) groups is 2. The van der Waals surface area contributed by atoms with Crippen LogP contribution in [0, 0.1) is 6.92 Å². The van der Waals surface area contributed by atoms with Gasteiger partial charge in [0.05, 0.1) is 10.7 Å². The van der Waals surface area contributed by atoms with E-state index < -0.39 is 11.4 Å². The topological polar surface area (TPSA) is 85.1 Å². The van der Waals surface area contributed by atoms with Crippen LogP contribution in [0.4, 0.5) is 0 Å². The van der Waals surface area contributed by atoms with Crippen molar-refractivity contribution >= 4 is 23.2 Å². The molecule has 0 aliphatic carbocycles. The molecule has 0 aliphatic rings. The molecule has 1 aromatic rings. The van der Waals surface area contributed by atoms with Gasteiger partial charge in [-0.3, -0.25) is 9.59 Å². The van der Waals surface area contributed by atoms with Crippen molar-refractivity contribution in [1.29, 1.82) is 0 Å². The minimum atomic E-state index is -1.06. The Morgan fingerprint density at radius 2 is 2.06 bits per heavy atom. The number of rotatable bonds is 5. The molecule has 1 heterocycles. The number of carbonyl (C=O) groups excluding carboxylic acids is 2. The minimum Gasteiger partial charge on any atom is -0.368 e. The SMILES string of the molecule is CCCc1nc(C)c(C(=O)NC(C)(C)C(N)=O)s1. The van der Waals surface area contributed by atoms with Crippen LogP contribution in [0.2, 0.25) is 0 Å². The molecular weight excluding hydrogens is 250 g/mol. The van der Waals surface area contributed by atoms with Gasteiger partial charge in [-0.15, -0.1) is 11.3 Å². The van der Waals surface area contributed by atoms with Gasteiger partial charge in [-0.1, -0.05) is 6.92 Å². The highest BCUT2D eigenvalue weighted by Gasteiger charge is 2.28. The highest BCUT2D eigenvalue weighted by atomic mass is 32.1. The van der Waals surface area contributed by atoms with Gasteiger partial charge in [0.15, 0.2) is 0 Å². The number of nitrogens with two attached hydrogens (primary N) is 1. The first-order valence-corrected chi connectivity index (χ1v) is 6.68. The van der Waals surface area contributed by atoms with Gasteiger partial charge in [-0.2, -0.15) is 0 Å². The van der Waals surface area contributed by atoms with E-state index in [1.54, 1.807) is 20.8 Å². The molecule has 0 atom stereocenters. The lowest BCUT2D eigenvalue weighted by Crippen LogP contribution is -2.52. The number of aromatic nitrogens is 1. The normalized spacial score (nSPS) is 11.3. The van der Waals surface area contributed by atoms with Crippen LogP contribution in [0.3, 0.4) is 0 Å². The number of thiazole rings is 1. The molecule has 0 aliphatic heterocycles. The fourth-order valence-corrected chi connectivity index (χ4v) is 2.45. The molecule has 0 spiro atoms. The molecular formula is C12H19N3O2S. The summed E-state index contributed by atoms with van der Waals surface area (Å²) in [6.45, 7) is 7.02. The van der Waals surface area contributed by atoms with Crippen molar-refractivity contribution in [1.82, 2.24) is 10.3 Å². The Kier molecular flexibility index (Phi) is 4.45. The lowest BCUT2D eigenvalue weighted by Gasteiger charge is -2.21. The third-order valence-corrected chi connectivity index (χ3v) is 3.77. The molecule has 1 rings (SSSR count). The van der Waals surface area contributed by atoms with E-state index in [1.807, 2.05) is 0 Å². The van der Waals surface area contributed by atoms with Crippen molar-refractivity contribution < 1.29 is 9.59 Å². The molecule has 1 aromatic heterocycles. The highest BCUT2D eigenvalue weighted by molar-refractivity contribution is 7.13. The summed E-state index contributed by atoms with van der Waals surface area (Å²) >= 11 is 1.37. The summed E-state index contributed by atoms with van der Waals surface area (Å²) < 4.78 is 0. The second-order valence-corrected chi connectivity index (χ2v) is 5.80. The Hall–Kier alpha value is -1.43. The third kappa shape index (κ3) is 3.29. The number of primary amides is 1. The van der Waals surface area contributed by atoms with E-state index in [0.29, 0.717) is 10.6 Å². The minimum absolute atomic E-state index is 0.295. The molecule has 0 radical (unpaired) electrons. The average Bonchev–Trinajstić information content (AvgIpc) is 2.59. The van der Waals surface area contributed by atoms with Gasteiger partial charge in [0, 0.05) is 0 Å². The number of hydrogen-bond acceptors (Lipinski definition) is 4. The van der Waals surface area contributed by atoms with Crippen LogP contribution < -0.4 is 11.1 Å². The Morgan fingerprint density at radius 1 is 1.44 bits per heavy atom. The maximum absolute atomic E-state index is 12.1. The van der Waals surface area contributed by atoms with Crippen LogP contribution in [-0.2, 0) is 11.2 Å². The average molecular weight is 269 g/mol. The zero-order valence-corrected chi connectivity index (χ0v) is 12.0. The lowest BCUT2D eigenvalue weighted by molar-refractivity contribution is -0.122. The number of nitrogens with one attached hydrogen (secondary N) is 1. The molecule has 3 N–H and O–H groups in total. The number of amides is 2. The van der Waals surface area contributed by atoms with Gasteiger partial charge in [0.2, 0.25) is 5.91 Å². The summed E-state index contributed by atoms with van der Waals surface area (Å²) in [5.41, 5.74) is 4.86. The van der Waals surface area contributed by atoms with E-state index in [9.17, 15) is 9.59 Å². The lowest BCUT2D eigenvalue weighted by atomic mass is 10.1. The van der Waals surface area contributed by atoms with Crippen LogP contribution in [0.5, 0.6) is 0 Å². The van der Waals surface area contributed by atoms with Crippen LogP contribution in [0.15, 0.2) is 0 Å². The van der Waals surface area contributed by atoms with Crippen LogP contribution in [-0.4, -0.2) is 22.3 Å². The van der Waals surface area contributed by atoms with E-state index in [2.05, 4.69) is 17.2 Å². The summed E-state index contributed by atoms with van der Waals surface area (Å²) in [5, 5.41) is 3.57. The van der Waals surface area contributed by atoms with Gasteiger partial charge in [-0.25, -0.2) is 4.98 Å². The van der Waals surface area contributed by atoms with Gasteiger partial charge >= 0.3 is 0 Å². The van der Waals surface area contributed by atoms with E-state index in [4.69, 9.17) is 5.73 Å². The van der Waals surface area contributed by atoms with Crippen molar-refractivity contribution in [3.63, 3.8) is 0 Å². The molecule has 0 unspecified atom stereocenters. The first-order chi connectivity index (χ1) is 8.27. The second kappa shape index (κ2) is 5.48. The number of aryl methyl sites for hydroxylation is 2. The summed E-state index contributed by atoms with van der Waals surface area (Å²) in [6, 6.07) is 0. The summed E-state index contributed by atoms with van der Waals surface area (Å²) in [5.74, 6) is -0.858. The molecule has 0 saturated heterocycles. The fraction of sp³-hybridized carbons (Fsp3) is 0.583. The second-order valence-electron chi connectivity index (χ2n) is 4.72. The Labute approximate surface area is 111 Å². The van der Waals surface area contributed by atoms with E-state index in [-0.39, 0.29) is 5.91 Å². The van der Waals surface area contributed by atoms with Crippen molar-refractivity contribution in [3.8, 4) is 0 Å². The molecule has 2 amide bonds. The van der Waals surface area contributed by atoms with Gasteiger partial charge in [0.1, 0.15) is 10.4 Å². The molecule has 0 aromatic carbocycles. The standard InChI is InChI=1S/C12H19N3O2S/c1-5-6-8-14-7(2)9(18-8)10(16)15-12(3,4)11(13)17/h5-6H2,1-4H3,(H2,13,17)(H,15,16). The van der Waals surface area contributed by atoms with Crippen molar-refractivity contribution in [2.75, 3.05) is 0 Å². The van der Waals surface area contributed by atoms with Crippen LogP contribution in [0.1, 0.15) is 47.6 Å². The molecule has 6 heteroatoms. The van der Waals surface area contributed by atoms with Gasteiger partial charge in [-0.05, 0) is 33.6 Å². The van der Waals surface area contributed by atoms with Crippen LogP contribution in [0.25, 0.3) is 0 Å². The molecule has 0 fully saturated rings. The molecule has 0 bridgehead atoms. The smallest absolute Gasteiger partial charge is 0.264 e. The first-order valence-electron chi connectivity index (χ1n) is 5.86. The summed E-state index contributed by atoms with van der Waals surface area (Å²) in [6.07, 6.45) is 1.85. The molecule has 0 saturated carbocycles. The maximum atomic E-state index is 12.1. The van der Waals surface area contributed by atoms with Crippen molar-refractivity contribution in [2.24, 2.45) is 5.73 Å². The largest absolute Gasteiger partial charge is 0.368 e. The van der Waals surface area contributed by atoms with Crippen molar-refractivity contribution in [2.45, 2.75) is 46.1 Å². The highest BCUT2D eigenvalue weighted by Crippen LogP contribution is 2.20. The predicted molar refractivity (Wildman–Crippen MR) is 71.6 cm³/mol. The van der Waals surface area contributed by atoms with Crippen molar-refractivity contribution in [3.05, 3.63) is 15.6 Å². The summed E-state index contributed by atoms with van der Waals surface area (Å²) in [7, 11) is 0. The molecule has 18 heavy (non-hydrogen) atoms. The predicted octanol–water partition coefficient (Wildman–Crippen LogP) is 1.40. The zero-order chi connectivity index (χ0) is 13.9. The number of hydrogen-bond donors (Lipinski definition) is 2. The summed E-state index contributed by atoms with van der Waals surface area (Å²) in [4.78, 5) is 28.1. The number of nitrogens with zero attached hydrogens (tertiary/aromatic N) is 1. The third-order valence-electron chi connectivity index (χ3n) is 2.55. The molecule has 5 nitrogen and oxygen atoms in total. The Balaban J connectivity index is 2.88. The van der Waals surface area contributed by atoms with Crippen LogP contribution >= 0.6 is 11.3 Å². The Bertz CT molecular complexity index is 466. The van der Waals surface area contributed by atoms with E-state index in [0.717, 1.165) is 17.8 Å². The fourth-order valence-electron chi connectivity index (χ4n) is 1.39. The zero-order valence-electron chi connectivity index (χ0n) is 11.2. The maximum Gasteiger partial charge on any atom is 0.264 e. The molecule has 100 valence electrons.